The highest BCUT2D eigenvalue weighted by molar-refractivity contribution is 7.89. The maximum atomic E-state index is 13.8. The van der Waals surface area contributed by atoms with Gasteiger partial charge in [0.15, 0.2) is 5.78 Å². The van der Waals surface area contributed by atoms with Crippen molar-refractivity contribution in [3.63, 3.8) is 0 Å². The smallest absolute Gasteiger partial charge is 0.241 e. The highest BCUT2D eigenvalue weighted by atomic mass is 35.5. The van der Waals surface area contributed by atoms with Crippen LogP contribution in [0.2, 0.25) is 5.02 Å². The number of benzene rings is 1. The van der Waals surface area contributed by atoms with Crippen molar-refractivity contribution < 1.29 is 17.6 Å². The lowest BCUT2D eigenvalue weighted by Gasteiger charge is -2.18. The van der Waals surface area contributed by atoms with E-state index in [1.165, 1.54) is 7.05 Å². The average molecular weight is 308 g/mol. The van der Waals surface area contributed by atoms with E-state index in [1.54, 1.807) is 20.8 Å². The van der Waals surface area contributed by atoms with Crippen LogP contribution in [0.3, 0.4) is 0 Å². The van der Waals surface area contributed by atoms with E-state index in [1.807, 2.05) is 0 Å². The van der Waals surface area contributed by atoms with Crippen molar-refractivity contribution in [1.82, 2.24) is 4.72 Å². The van der Waals surface area contributed by atoms with E-state index in [2.05, 4.69) is 4.72 Å². The van der Waals surface area contributed by atoms with Gasteiger partial charge >= 0.3 is 0 Å². The van der Waals surface area contributed by atoms with Crippen molar-refractivity contribution in [3.05, 3.63) is 28.5 Å². The van der Waals surface area contributed by atoms with Gasteiger partial charge in [-0.2, -0.15) is 0 Å². The molecule has 0 aromatic heterocycles. The van der Waals surface area contributed by atoms with Gasteiger partial charge in [0.1, 0.15) is 10.7 Å². The normalized spacial score (nSPS) is 12.5. The molecule has 0 saturated heterocycles. The van der Waals surface area contributed by atoms with Crippen LogP contribution in [0.15, 0.2) is 17.0 Å². The Bertz CT molecular complexity index is 621. The molecule has 0 aliphatic heterocycles. The maximum Gasteiger partial charge on any atom is 0.241 e. The number of halogens is 2. The zero-order valence-corrected chi connectivity index (χ0v) is 12.6. The molecule has 19 heavy (non-hydrogen) atoms. The summed E-state index contributed by atoms with van der Waals surface area (Å²) in [6.45, 7) is 4.86. The van der Waals surface area contributed by atoms with Crippen LogP contribution >= 0.6 is 11.6 Å². The SMILES string of the molecule is CNS(=O)(=O)c1cc(C(=O)C(C)(C)C)c(F)cc1Cl. The van der Waals surface area contributed by atoms with Crippen LogP contribution in [0.5, 0.6) is 0 Å². The summed E-state index contributed by atoms with van der Waals surface area (Å²) < 4.78 is 39.3. The fourth-order valence-corrected chi connectivity index (χ4v) is 2.69. The predicted molar refractivity (Wildman–Crippen MR) is 71.4 cm³/mol. The standard InChI is InChI=1S/C12H15ClFNO3S/c1-12(2,3)11(16)7-5-10(19(17,18)15-4)8(13)6-9(7)14/h5-6,15H,1-4H3. The van der Waals surface area contributed by atoms with Gasteiger partial charge in [0.2, 0.25) is 10.0 Å². The quantitative estimate of drug-likeness (QED) is 0.873. The molecule has 4 nitrogen and oxygen atoms in total. The first-order valence-corrected chi connectivity index (χ1v) is 7.34. The van der Waals surface area contributed by atoms with E-state index in [0.29, 0.717) is 0 Å². The van der Waals surface area contributed by atoms with Gasteiger partial charge in [0, 0.05) is 5.41 Å². The van der Waals surface area contributed by atoms with E-state index in [4.69, 9.17) is 11.6 Å². The van der Waals surface area contributed by atoms with Crippen molar-refractivity contribution in [1.29, 1.82) is 0 Å². The van der Waals surface area contributed by atoms with Crippen molar-refractivity contribution in [2.24, 2.45) is 5.41 Å². The molecular weight excluding hydrogens is 293 g/mol. The fourth-order valence-electron chi connectivity index (χ4n) is 1.42. The van der Waals surface area contributed by atoms with E-state index < -0.39 is 27.0 Å². The lowest BCUT2D eigenvalue weighted by molar-refractivity contribution is 0.0853. The second-order valence-electron chi connectivity index (χ2n) is 5.05. The summed E-state index contributed by atoms with van der Waals surface area (Å²) >= 11 is 5.71. The molecule has 1 aromatic carbocycles. The minimum absolute atomic E-state index is 0.266. The van der Waals surface area contributed by atoms with Crippen molar-refractivity contribution in [2.45, 2.75) is 25.7 Å². The van der Waals surface area contributed by atoms with Gasteiger partial charge in [-0.3, -0.25) is 4.79 Å². The number of Topliss-reactive ketones (excluding diaryl/α,β-unsaturated/α-hetero) is 1. The van der Waals surface area contributed by atoms with Crippen LogP contribution in [-0.4, -0.2) is 21.2 Å². The third kappa shape index (κ3) is 3.32. The number of nitrogens with one attached hydrogen (secondary N) is 1. The first-order valence-electron chi connectivity index (χ1n) is 5.48. The third-order valence-electron chi connectivity index (χ3n) is 2.51. The second kappa shape index (κ2) is 5.19. The number of sulfonamides is 1. The Morgan fingerprint density at radius 1 is 1.32 bits per heavy atom. The topological polar surface area (TPSA) is 63.2 Å². The number of carbonyl (C=O) groups excluding carboxylic acids is 1. The molecule has 1 rings (SSSR count). The highest BCUT2D eigenvalue weighted by Crippen LogP contribution is 2.29. The molecule has 0 unspecified atom stereocenters. The van der Waals surface area contributed by atoms with Crippen molar-refractivity contribution >= 4 is 27.4 Å². The van der Waals surface area contributed by atoms with Crippen molar-refractivity contribution in [2.75, 3.05) is 7.05 Å². The summed E-state index contributed by atoms with van der Waals surface area (Å²) in [7, 11) is -2.64. The molecule has 1 N–H and O–H groups in total. The summed E-state index contributed by atoms with van der Waals surface area (Å²) in [4.78, 5) is 11.8. The maximum absolute atomic E-state index is 13.8. The Morgan fingerprint density at radius 2 is 1.84 bits per heavy atom. The molecule has 0 heterocycles. The Hall–Kier alpha value is -0.980. The van der Waals surface area contributed by atoms with Crippen LogP contribution in [0, 0.1) is 11.2 Å². The number of ketones is 1. The van der Waals surface area contributed by atoms with Crippen LogP contribution in [0.4, 0.5) is 4.39 Å². The molecule has 0 radical (unpaired) electrons. The zero-order valence-electron chi connectivity index (χ0n) is 11.0. The third-order valence-corrected chi connectivity index (χ3v) is 4.38. The average Bonchev–Trinajstić information content (AvgIpc) is 2.26. The summed E-state index contributed by atoms with van der Waals surface area (Å²) in [5.41, 5.74) is -1.11. The Morgan fingerprint density at radius 3 is 2.26 bits per heavy atom. The van der Waals surface area contributed by atoms with Crippen LogP contribution in [0.1, 0.15) is 31.1 Å². The van der Waals surface area contributed by atoms with E-state index in [0.717, 1.165) is 12.1 Å². The minimum Gasteiger partial charge on any atom is -0.293 e. The van der Waals surface area contributed by atoms with Crippen molar-refractivity contribution in [3.8, 4) is 0 Å². The lowest BCUT2D eigenvalue weighted by Crippen LogP contribution is -2.23. The van der Waals surface area contributed by atoms with Gasteiger partial charge in [-0.25, -0.2) is 17.5 Å². The molecule has 0 amide bonds. The predicted octanol–water partition coefficient (Wildman–Crippen LogP) is 2.62. The molecule has 106 valence electrons. The van der Waals surface area contributed by atoms with E-state index >= 15 is 0 Å². The van der Waals surface area contributed by atoms with Gasteiger partial charge in [0.25, 0.3) is 0 Å². The zero-order chi connectivity index (χ0) is 15.0. The molecule has 0 saturated carbocycles. The molecule has 0 spiro atoms. The summed E-state index contributed by atoms with van der Waals surface area (Å²) in [5.74, 6) is -1.32. The minimum atomic E-state index is -3.85. The Balaban J connectivity index is 3.54. The fraction of sp³-hybridized carbons (Fsp3) is 0.417. The second-order valence-corrected chi connectivity index (χ2v) is 7.31. The number of hydrogen-bond donors (Lipinski definition) is 1. The molecular formula is C12H15ClFNO3S. The number of hydrogen-bond acceptors (Lipinski definition) is 3. The Labute approximate surface area is 117 Å². The van der Waals surface area contributed by atoms with Gasteiger partial charge in [0.05, 0.1) is 10.6 Å². The van der Waals surface area contributed by atoms with Gasteiger partial charge < -0.3 is 0 Å². The first-order chi connectivity index (χ1) is 8.50. The monoisotopic (exact) mass is 307 g/mol. The molecule has 0 aliphatic carbocycles. The van der Waals surface area contributed by atoms with Gasteiger partial charge in [-0.1, -0.05) is 32.4 Å². The van der Waals surface area contributed by atoms with Crippen LogP contribution in [0.25, 0.3) is 0 Å². The van der Waals surface area contributed by atoms with Crippen LogP contribution < -0.4 is 4.72 Å². The van der Waals surface area contributed by atoms with Crippen LogP contribution in [-0.2, 0) is 10.0 Å². The van der Waals surface area contributed by atoms with Gasteiger partial charge in [-0.15, -0.1) is 0 Å². The first kappa shape index (κ1) is 16.1. The highest BCUT2D eigenvalue weighted by Gasteiger charge is 2.28. The number of carbonyl (C=O) groups is 1. The van der Waals surface area contributed by atoms with Gasteiger partial charge in [-0.05, 0) is 19.2 Å². The summed E-state index contributed by atoms with van der Waals surface area (Å²) in [5, 5.41) is -0.266. The summed E-state index contributed by atoms with van der Waals surface area (Å²) in [6.07, 6.45) is 0. The van der Waals surface area contributed by atoms with E-state index in [9.17, 15) is 17.6 Å². The van der Waals surface area contributed by atoms with E-state index in [-0.39, 0.29) is 15.5 Å². The molecule has 0 atom stereocenters. The largest absolute Gasteiger partial charge is 0.293 e. The summed E-state index contributed by atoms with van der Waals surface area (Å²) in [6, 6.07) is 1.81. The molecule has 0 aliphatic rings. The molecule has 0 fully saturated rings. The Kier molecular flexibility index (Phi) is 4.39. The molecule has 0 bridgehead atoms. The number of rotatable bonds is 3. The molecule has 1 aromatic rings. The lowest BCUT2D eigenvalue weighted by atomic mass is 9.86. The molecule has 7 heteroatoms.